The summed E-state index contributed by atoms with van der Waals surface area (Å²) in [5.41, 5.74) is -1.17. The SMILES string of the molecule is C=NN(/C(=N\C)C(F)F)c1cc([C@@H](COC(=O)NCC(F)(F)F)N2C(=N)N[C@](CC(C)(C)C)(c3ccc(-c4cnn(C(F)F)c4)cc3)C2=O)ccc1Cl. The van der Waals surface area contributed by atoms with E-state index in [9.17, 15) is 40.3 Å². The van der Waals surface area contributed by atoms with Gasteiger partial charge in [-0.25, -0.2) is 23.3 Å². The van der Waals surface area contributed by atoms with Crippen molar-refractivity contribution in [2.45, 2.75) is 57.9 Å². The monoisotopic (exact) mass is 773 g/mol. The number of alkyl halides is 7. The molecule has 0 saturated carbocycles. The van der Waals surface area contributed by atoms with Crippen LogP contribution in [0.5, 0.6) is 0 Å². The van der Waals surface area contributed by atoms with Crippen LogP contribution in [0.1, 0.15) is 50.9 Å². The number of rotatable bonds is 12. The van der Waals surface area contributed by atoms with Gasteiger partial charge in [-0.1, -0.05) is 62.7 Å². The number of hydrogen-bond acceptors (Lipinski definition) is 7. The molecule has 2 atom stereocenters. The molecule has 20 heteroatoms. The molecule has 2 amide bonds. The fraction of sp³-hybridized carbons (Fsp3) is 0.394. The third-order valence-electron chi connectivity index (χ3n) is 7.95. The molecule has 0 bridgehead atoms. The summed E-state index contributed by atoms with van der Waals surface area (Å²) in [6.07, 6.45) is -6.92. The first-order valence-corrected chi connectivity index (χ1v) is 16.0. The Kier molecular flexibility index (Phi) is 12.1. The number of hydrogen-bond donors (Lipinski definition) is 3. The van der Waals surface area contributed by atoms with Crippen molar-refractivity contribution in [2.24, 2.45) is 15.5 Å². The third kappa shape index (κ3) is 9.24. The van der Waals surface area contributed by atoms with Crippen LogP contribution in [0.2, 0.25) is 5.02 Å². The number of aromatic nitrogens is 2. The van der Waals surface area contributed by atoms with Gasteiger partial charge in [0, 0.05) is 25.5 Å². The van der Waals surface area contributed by atoms with E-state index < -0.39 is 73.1 Å². The number of nitrogens with one attached hydrogen (secondary N) is 3. The van der Waals surface area contributed by atoms with E-state index in [1.807, 2.05) is 20.8 Å². The number of amidine groups is 1. The Labute approximate surface area is 304 Å². The molecule has 2 heterocycles. The Morgan fingerprint density at radius 2 is 1.79 bits per heavy atom. The molecule has 3 N–H and O–H groups in total. The first-order chi connectivity index (χ1) is 24.7. The average molecular weight is 774 g/mol. The van der Waals surface area contributed by atoms with E-state index in [1.165, 1.54) is 24.4 Å². The van der Waals surface area contributed by atoms with Crippen molar-refractivity contribution in [1.29, 1.82) is 5.41 Å². The number of halogens is 8. The van der Waals surface area contributed by atoms with E-state index >= 15 is 0 Å². The second kappa shape index (κ2) is 15.8. The maximum absolute atomic E-state index is 14.8. The Morgan fingerprint density at radius 1 is 1.13 bits per heavy atom. The van der Waals surface area contributed by atoms with Crippen LogP contribution in [-0.4, -0.2) is 78.0 Å². The second-order valence-electron chi connectivity index (χ2n) is 13.0. The second-order valence-corrected chi connectivity index (χ2v) is 13.4. The van der Waals surface area contributed by atoms with E-state index in [0.29, 0.717) is 26.4 Å². The summed E-state index contributed by atoms with van der Waals surface area (Å²) in [4.78, 5) is 31.7. The maximum Gasteiger partial charge on any atom is 0.407 e. The van der Waals surface area contributed by atoms with Gasteiger partial charge in [-0.2, -0.15) is 32.2 Å². The predicted molar refractivity (Wildman–Crippen MR) is 183 cm³/mol. The molecule has 4 rings (SSSR count). The van der Waals surface area contributed by atoms with Crippen molar-refractivity contribution < 1.29 is 45.1 Å². The summed E-state index contributed by atoms with van der Waals surface area (Å²) in [6.45, 7) is 3.44. The van der Waals surface area contributed by atoms with Gasteiger partial charge >= 0.3 is 18.8 Å². The Hall–Kier alpha value is -5.20. The fourth-order valence-electron chi connectivity index (χ4n) is 5.83. The Balaban J connectivity index is 1.82. The van der Waals surface area contributed by atoms with Crippen molar-refractivity contribution in [2.75, 3.05) is 25.2 Å². The van der Waals surface area contributed by atoms with Gasteiger partial charge in [0.25, 0.3) is 12.3 Å². The van der Waals surface area contributed by atoms with Crippen LogP contribution >= 0.6 is 11.6 Å². The van der Waals surface area contributed by atoms with Crippen LogP contribution in [0.4, 0.5) is 41.2 Å². The lowest BCUT2D eigenvalue weighted by Gasteiger charge is -2.35. The third-order valence-corrected chi connectivity index (χ3v) is 8.27. The van der Waals surface area contributed by atoms with Crippen molar-refractivity contribution in [3.8, 4) is 11.1 Å². The quantitative estimate of drug-likeness (QED) is 0.0762. The van der Waals surface area contributed by atoms with Gasteiger partial charge in [0.05, 0.1) is 22.9 Å². The lowest BCUT2D eigenvalue weighted by molar-refractivity contribution is -0.134. The lowest BCUT2D eigenvalue weighted by Crippen LogP contribution is -2.47. The highest BCUT2D eigenvalue weighted by molar-refractivity contribution is 6.34. The Bertz CT molecular complexity index is 1860. The zero-order valence-electron chi connectivity index (χ0n) is 28.7. The van der Waals surface area contributed by atoms with Crippen LogP contribution in [0.15, 0.2) is 65.0 Å². The first-order valence-electron chi connectivity index (χ1n) is 15.6. The van der Waals surface area contributed by atoms with Crippen molar-refractivity contribution in [3.63, 3.8) is 0 Å². The van der Waals surface area contributed by atoms with Gasteiger partial charge in [-0.05, 0) is 40.7 Å². The number of hydrazone groups is 1. The largest absolute Gasteiger partial charge is 0.447 e. The number of anilines is 1. The van der Waals surface area contributed by atoms with Gasteiger partial charge in [0.15, 0.2) is 11.8 Å². The molecule has 1 saturated heterocycles. The normalized spacial score (nSPS) is 17.3. The van der Waals surface area contributed by atoms with E-state index in [0.717, 1.165) is 18.1 Å². The van der Waals surface area contributed by atoms with E-state index in [1.54, 1.807) is 29.6 Å². The molecule has 2 aromatic carbocycles. The fourth-order valence-corrected chi connectivity index (χ4v) is 6.03. The summed E-state index contributed by atoms with van der Waals surface area (Å²) in [6, 6.07) is 8.68. The number of ether oxygens (including phenoxy) is 1. The molecule has 53 heavy (non-hydrogen) atoms. The zero-order chi connectivity index (χ0) is 39.5. The minimum absolute atomic E-state index is 0.0456. The highest BCUT2D eigenvalue weighted by atomic mass is 35.5. The van der Waals surface area contributed by atoms with Gasteiger partial charge in [0.1, 0.15) is 18.7 Å². The lowest BCUT2D eigenvalue weighted by atomic mass is 9.75. The topological polar surface area (TPSA) is 140 Å². The number of aliphatic imine (C=N–C) groups is 1. The van der Waals surface area contributed by atoms with Crippen LogP contribution in [-0.2, 0) is 15.1 Å². The molecule has 0 unspecified atom stereocenters. The summed E-state index contributed by atoms with van der Waals surface area (Å²) in [7, 11) is 1.08. The van der Waals surface area contributed by atoms with E-state index in [2.05, 4.69) is 27.2 Å². The molecule has 1 fully saturated rings. The van der Waals surface area contributed by atoms with Gasteiger partial charge in [-0.3, -0.25) is 20.1 Å². The zero-order valence-corrected chi connectivity index (χ0v) is 29.4. The minimum atomic E-state index is -4.77. The highest BCUT2D eigenvalue weighted by Crippen LogP contribution is 2.43. The summed E-state index contributed by atoms with van der Waals surface area (Å²) < 4.78 is 98.1. The van der Waals surface area contributed by atoms with E-state index in [4.69, 9.17) is 21.7 Å². The van der Waals surface area contributed by atoms with Crippen molar-refractivity contribution >= 4 is 47.8 Å². The molecule has 1 aliphatic rings. The maximum atomic E-state index is 14.8. The van der Waals surface area contributed by atoms with Gasteiger partial charge in [-0.15, -0.1) is 0 Å². The van der Waals surface area contributed by atoms with Gasteiger partial charge in [0.2, 0.25) is 0 Å². The Morgan fingerprint density at radius 3 is 2.32 bits per heavy atom. The first kappa shape index (κ1) is 40.6. The summed E-state index contributed by atoms with van der Waals surface area (Å²) in [5, 5.41) is 21.3. The molecular weight excluding hydrogens is 739 g/mol. The summed E-state index contributed by atoms with van der Waals surface area (Å²) in [5.74, 6) is -2.08. The van der Waals surface area contributed by atoms with Crippen LogP contribution in [0.25, 0.3) is 11.1 Å². The number of alkyl carbamates (subject to hydrolysis) is 1. The molecular formula is C33H35ClF7N9O3. The number of benzene rings is 2. The predicted octanol–water partition coefficient (Wildman–Crippen LogP) is 7.34. The highest BCUT2D eigenvalue weighted by Gasteiger charge is 2.54. The number of guanidine groups is 1. The molecule has 0 aliphatic carbocycles. The van der Waals surface area contributed by atoms with Gasteiger partial charge < -0.3 is 15.4 Å². The molecule has 0 spiro atoms. The number of carbonyl (C=O) groups excluding carboxylic acids is 2. The smallest absolute Gasteiger partial charge is 0.407 e. The molecule has 0 radical (unpaired) electrons. The number of carbonyl (C=O) groups is 2. The minimum Gasteiger partial charge on any atom is -0.447 e. The molecule has 286 valence electrons. The molecule has 1 aliphatic heterocycles. The summed E-state index contributed by atoms with van der Waals surface area (Å²) >= 11 is 6.37. The van der Waals surface area contributed by atoms with E-state index in [-0.39, 0.29) is 22.7 Å². The molecule has 12 nitrogen and oxygen atoms in total. The average Bonchev–Trinajstić information content (AvgIpc) is 3.66. The van der Waals surface area contributed by atoms with Crippen LogP contribution in [0.3, 0.4) is 0 Å². The van der Waals surface area contributed by atoms with Crippen molar-refractivity contribution in [3.05, 3.63) is 71.0 Å². The van der Waals surface area contributed by atoms with Crippen LogP contribution in [0, 0.1) is 10.8 Å². The van der Waals surface area contributed by atoms with Crippen LogP contribution < -0.4 is 15.6 Å². The number of nitrogens with zero attached hydrogens (tertiary/aromatic N) is 6. The van der Waals surface area contributed by atoms with Crippen molar-refractivity contribution in [1.82, 2.24) is 25.3 Å². The molecule has 1 aromatic heterocycles. The molecule has 3 aromatic rings. The standard InChI is InChI=1S/C33H35ClF7N9O3/c1-31(2,3)16-32(21-9-6-18(7-10-21)20-13-46-48(14-20)28(37)38)27(51)49(29(42)47-32)24(15-53-30(52)45-17-33(39,40)41)19-8-11-22(34)23(12-19)50(44-5)26(43-4)25(35)36/h6-14,24-25,28H,5,15-17H2,1-4H3,(H2,42,47)(H,45,52)/b43-26-/t24-,32-/m1/s1. The number of amides is 2.